The van der Waals surface area contributed by atoms with Crippen molar-refractivity contribution in [3.8, 4) is 22.5 Å². The van der Waals surface area contributed by atoms with E-state index in [1.165, 1.54) is 5.56 Å². The van der Waals surface area contributed by atoms with E-state index in [1.807, 2.05) is 6.07 Å². The molecule has 0 aliphatic heterocycles. The standard InChI is InChI=1S/C23H28N8/c1-4-5-12-31-22(25-21(28-31)13-16(2)3)14-17-6-8-18(9-7-17)19-10-11-24-15-20(19)23-26-29-30-27-23/h6-11,15-16H,4-5,12-14H2,1-3H3,(H,26,27,29,30). The number of hydrogen-bond acceptors (Lipinski definition) is 6. The minimum atomic E-state index is 0.536. The maximum atomic E-state index is 4.84. The molecule has 0 atom stereocenters. The van der Waals surface area contributed by atoms with Gasteiger partial charge < -0.3 is 0 Å². The number of aromatic amines is 1. The van der Waals surface area contributed by atoms with E-state index in [9.17, 15) is 0 Å². The normalized spacial score (nSPS) is 11.4. The van der Waals surface area contributed by atoms with Gasteiger partial charge in [0.15, 0.2) is 5.82 Å². The van der Waals surface area contributed by atoms with Crippen molar-refractivity contribution >= 4 is 0 Å². The third kappa shape index (κ3) is 5.02. The maximum absolute atomic E-state index is 4.84. The SMILES string of the molecule is CCCCn1nc(CC(C)C)nc1Cc1ccc(-c2ccncc2-c2nn[nH]n2)cc1. The minimum absolute atomic E-state index is 0.536. The van der Waals surface area contributed by atoms with Gasteiger partial charge in [-0.25, -0.2) is 9.67 Å². The van der Waals surface area contributed by atoms with Gasteiger partial charge >= 0.3 is 0 Å². The van der Waals surface area contributed by atoms with Crippen LogP contribution in [0.4, 0.5) is 0 Å². The highest BCUT2D eigenvalue weighted by atomic mass is 15.5. The van der Waals surface area contributed by atoms with Crippen LogP contribution >= 0.6 is 0 Å². The van der Waals surface area contributed by atoms with Gasteiger partial charge in [-0.05, 0) is 40.3 Å². The summed E-state index contributed by atoms with van der Waals surface area (Å²) in [5.74, 6) is 3.06. The Morgan fingerprint density at radius 1 is 1.06 bits per heavy atom. The molecule has 4 rings (SSSR count). The number of unbranched alkanes of at least 4 members (excludes halogenated alkanes) is 1. The van der Waals surface area contributed by atoms with Crippen LogP contribution in [0.2, 0.25) is 0 Å². The molecule has 0 aliphatic carbocycles. The van der Waals surface area contributed by atoms with Gasteiger partial charge in [0, 0.05) is 37.3 Å². The summed E-state index contributed by atoms with van der Waals surface area (Å²) >= 11 is 0. The Labute approximate surface area is 182 Å². The van der Waals surface area contributed by atoms with Crippen LogP contribution in [0, 0.1) is 5.92 Å². The number of aryl methyl sites for hydroxylation is 1. The van der Waals surface area contributed by atoms with E-state index in [0.717, 1.165) is 60.6 Å². The second kappa shape index (κ2) is 9.59. The van der Waals surface area contributed by atoms with Crippen LogP contribution in [0.1, 0.15) is 50.8 Å². The number of H-pyrrole nitrogens is 1. The number of aromatic nitrogens is 8. The van der Waals surface area contributed by atoms with E-state index in [0.29, 0.717) is 11.7 Å². The molecule has 0 spiro atoms. The second-order valence-corrected chi connectivity index (χ2v) is 8.15. The van der Waals surface area contributed by atoms with Crippen molar-refractivity contribution in [1.82, 2.24) is 40.4 Å². The lowest BCUT2D eigenvalue weighted by molar-refractivity contribution is 0.538. The van der Waals surface area contributed by atoms with Crippen molar-refractivity contribution in [2.75, 3.05) is 0 Å². The molecule has 4 aromatic rings. The first-order valence-electron chi connectivity index (χ1n) is 10.8. The second-order valence-electron chi connectivity index (χ2n) is 8.15. The molecule has 1 N–H and O–H groups in total. The summed E-state index contributed by atoms with van der Waals surface area (Å²) in [5.41, 5.74) is 4.16. The maximum Gasteiger partial charge on any atom is 0.206 e. The quantitative estimate of drug-likeness (QED) is 0.441. The highest BCUT2D eigenvalue weighted by Gasteiger charge is 2.14. The van der Waals surface area contributed by atoms with Crippen molar-refractivity contribution in [2.45, 2.75) is 53.0 Å². The first-order chi connectivity index (χ1) is 15.1. The van der Waals surface area contributed by atoms with Crippen molar-refractivity contribution in [2.24, 2.45) is 5.92 Å². The monoisotopic (exact) mass is 416 g/mol. The summed E-state index contributed by atoms with van der Waals surface area (Å²) in [7, 11) is 0. The molecule has 8 heteroatoms. The Balaban J connectivity index is 1.57. The van der Waals surface area contributed by atoms with Gasteiger partial charge in [-0.15, -0.1) is 10.2 Å². The average Bonchev–Trinajstić information content (AvgIpc) is 3.43. The van der Waals surface area contributed by atoms with Crippen LogP contribution in [0.5, 0.6) is 0 Å². The van der Waals surface area contributed by atoms with Gasteiger partial charge in [0.2, 0.25) is 5.82 Å². The van der Waals surface area contributed by atoms with Gasteiger partial charge in [0.1, 0.15) is 5.82 Å². The lowest BCUT2D eigenvalue weighted by atomic mass is 9.99. The van der Waals surface area contributed by atoms with Crippen LogP contribution in [-0.2, 0) is 19.4 Å². The molecule has 0 bridgehead atoms. The van der Waals surface area contributed by atoms with E-state index < -0.39 is 0 Å². The molecule has 0 saturated carbocycles. The first-order valence-corrected chi connectivity index (χ1v) is 10.8. The zero-order valence-corrected chi connectivity index (χ0v) is 18.3. The molecule has 0 unspecified atom stereocenters. The van der Waals surface area contributed by atoms with Crippen molar-refractivity contribution in [1.29, 1.82) is 0 Å². The molecule has 3 aromatic heterocycles. The molecule has 0 amide bonds. The molecular weight excluding hydrogens is 388 g/mol. The summed E-state index contributed by atoms with van der Waals surface area (Å²) in [6, 6.07) is 10.5. The van der Waals surface area contributed by atoms with E-state index >= 15 is 0 Å². The third-order valence-electron chi connectivity index (χ3n) is 5.14. The number of pyridine rings is 1. The number of tetrazole rings is 1. The Kier molecular flexibility index (Phi) is 6.45. The molecule has 0 saturated heterocycles. The molecule has 1 aromatic carbocycles. The van der Waals surface area contributed by atoms with Gasteiger partial charge in [-0.1, -0.05) is 51.5 Å². The summed E-state index contributed by atoms with van der Waals surface area (Å²) in [4.78, 5) is 9.06. The summed E-state index contributed by atoms with van der Waals surface area (Å²) < 4.78 is 2.09. The van der Waals surface area contributed by atoms with E-state index in [1.54, 1.807) is 12.4 Å². The number of nitrogens with zero attached hydrogens (tertiary/aromatic N) is 7. The van der Waals surface area contributed by atoms with Crippen LogP contribution in [-0.4, -0.2) is 40.4 Å². The lowest BCUT2D eigenvalue weighted by Crippen LogP contribution is -2.06. The Morgan fingerprint density at radius 3 is 2.61 bits per heavy atom. The number of benzene rings is 1. The predicted molar refractivity (Wildman–Crippen MR) is 119 cm³/mol. The van der Waals surface area contributed by atoms with Crippen molar-refractivity contribution in [3.05, 3.63) is 59.9 Å². The molecular formula is C23H28N8. The van der Waals surface area contributed by atoms with Crippen molar-refractivity contribution in [3.63, 3.8) is 0 Å². The highest BCUT2D eigenvalue weighted by molar-refractivity contribution is 5.79. The zero-order chi connectivity index (χ0) is 21.6. The Hall–Kier alpha value is -3.42. The number of nitrogens with one attached hydrogen (secondary N) is 1. The van der Waals surface area contributed by atoms with Gasteiger partial charge in [0.05, 0.1) is 0 Å². The molecule has 0 aliphatic rings. The van der Waals surface area contributed by atoms with Crippen LogP contribution in [0.3, 0.4) is 0 Å². The van der Waals surface area contributed by atoms with Crippen LogP contribution < -0.4 is 0 Å². The fourth-order valence-corrected chi connectivity index (χ4v) is 3.58. The fourth-order valence-electron chi connectivity index (χ4n) is 3.58. The van der Waals surface area contributed by atoms with E-state index in [-0.39, 0.29) is 0 Å². The molecule has 8 nitrogen and oxygen atoms in total. The van der Waals surface area contributed by atoms with Crippen molar-refractivity contribution < 1.29 is 0 Å². The smallest absolute Gasteiger partial charge is 0.206 e. The summed E-state index contributed by atoms with van der Waals surface area (Å²) in [6.45, 7) is 7.52. The van der Waals surface area contributed by atoms with Gasteiger partial charge in [-0.3, -0.25) is 4.98 Å². The summed E-state index contributed by atoms with van der Waals surface area (Å²) in [5, 5.41) is 19.1. The molecule has 31 heavy (non-hydrogen) atoms. The average molecular weight is 417 g/mol. The lowest BCUT2D eigenvalue weighted by Gasteiger charge is -2.08. The zero-order valence-electron chi connectivity index (χ0n) is 18.3. The topological polar surface area (TPSA) is 98.1 Å². The molecule has 0 fully saturated rings. The Bertz CT molecular complexity index is 1100. The first kappa shape index (κ1) is 20.8. The largest absolute Gasteiger partial charge is 0.264 e. The van der Waals surface area contributed by atoms with E-state index in [4.69, 9.17) is 10.1 Å². The molecule has 0 radical (unpaired) electrons. The Morgan fingerprint density at radius 2 is 1.90 bits per heavy atom. The summed E-state index contributed by atoms with van der Waals surface area (Å²) in [6.07, 6.45) is 7.47. The third-order valence-corrected chi connectivity index (χ3v) is 5.14. The molecule has 160 valence electrons. The van der Waals surface area contributed by atoms with Gasteiger partial charge in [0.25, 0.3) is 0 Å². The minimum Gasteiger partial charge on any atom is -0.264 e. The fraction of sp³-hybridized carbons (Fsp3) is 0.391. The number of hydrogen-bond donors (Lipinski definition) is 1. The van der Waals surface area contributed by atoms with Crippen LogP contribution in [0.25, 0.3) is 22.5 Å². The van der Waals surface area contributed by atoms with Gasteiger partial charge in [-0.2, -0.15) is 10.3 Å². The highest BCUT2D eigenvalue weighted by Crippen LogP contribution is 2.29. The number of rotatable bonds is 9. The van der Waals surface area contributed by atoms with E-state index in [2.05, 4.69) is 75.3 Å². The molecule has 3 heterocycles. The van der Waals surface area contributed by atoms with Crippen LogP contribution in [0.15, 0.2) is 42.7 Å². The predicted octanol–water partition coefficient (Wildman–Crippen LogP) is 4.11.